The van der Waals surface area contributed by atoms with Crippen molar-refractivity contribution in [3.8, 4) is 0 Å². The van der Waals surface area contributed by atoms with E-state index in [0.717, 1.165) is 12.2 Å². The first-order chi connectivity index (χ1) is 12.5. The van der Waals surface area contributed by atoms with Gasteiger partial charge in [-0.2, -0.15) is 0 Å². The quantitative estimate of drug-likeness (QED) is 0.871. The Morgan fingerprint density at radius 1 is 1.15 bits per heavy atom. The minimum atomic E-state index is -0.383. The van der Waals surface area contributed by atoms with Gasteiger partial charge in [-0.3, -0.25) is 14.5 Å². The minimum absolute atomic E-state index is 0.0245. The molecule has 2 heterocycles. The Hall–Kier alpha value is -2.15. The average molecular weight is 362 g/mol. The summed E-state index contributed by atoms with van der Waals surface area (Å²) in [4.78, 5) is 31.0. The molecule has 1 aromatic carbocycles. The summed E-state index contributed by atoms with van der Waals surface area (Å²) >= 11 is 0. The molecule has 0 spiro atoms. The van der Waals surface area contributed by atoms with E-state index in [9.17, 15) is 14.0 Å². The smallest absolute Gasteiger partial charge is 0.237 e. The fraction of sp³-hybridized carbons (Fsp3) is 0.579. The van der Waals surface area contributed by atoms with Gasteiger partial charge in [0, 0.05) is 51.0 Å². The molecule has 2 fully saturated rings. The van der Waals surface area contributed by atoms with Crippen LogP contribution in [0.4, 0.5) is 10.1 Å². The van der Waals surface area contributed by atoms with Crippen LogP contribution in [0, 0.1) is 5.82 Å². The van der Waals surface area contributed by atoms with Crippen molar-refractivity contribution in [2.24, 2.45) is 0 Å². The highest BCUT2D eigenvalue weighted by Gasteiger charge is 2.34. The zero-order chi connectivity index (χ0) is 18.7. The van der Waals surface area contributed by atoms with E-state index >= 15 is 0 Å². The molecule has 142 valence electrons. The second-order valence-electron chi connectivity index (χ2n) is 7.19. The van der Waals surface area contributed by atoms with Crippen molar-refractivity contribution in [2.75, 3.05) is 44.2 Å². The van der Waals surface area contributed by atoms with Crippen molar-refractivity contribution in [1.29, 1.82) is 0 Å². The van der Waals surface area contributed by atoms with Crippen molar-refractivity contribution in [1.82, 2.24) is 15.1 Å². The Labute approximate surface area is 153 Å². The van der Waals surface area contributed by atoms with Crippen LogP contribution in [0.3, 0.4) is 0 Å². The van der Waals surface area contributed by atoms with Gasteiger partial charge in [0.1, 0.15) is 5.82 Å². The van der Waals surface area contributed by atoms with Crippen LogP contribution in [0.5, 0.6) is 0 Å². The first-order valence-electron chi connectivity index (χ1n) is 9.27. The van der Waals surface area contributed by atoms with Crippen LogP contribution in [0.15, 0.2) is 24.3 Å². The third-order valence-corrected chi connectivity index (χ3v) is 5.23. The van der Waals surface area contributed by atoms with Crippen LogP contribution >= 0.6 is 0 Å². The number of carbonyl (C=O) groups excluding carboxylic acids is 2. The first kappa shape index (κ1) is 18.6. The molecule has 1 N–H and O–H groups in total. The number of hydrogen-bond donors (Lipinski definition) is 1. The molecule has 7 heteroatoms. The van der Waals surface area contributed by atoms with Gasteiger partial charge in [0.05, 0.1) is 12.5 Å². The standard InChI is InChI=1S/C19H27FN4O2/c1-14(2)24-8-7-21-19(26)17(24)13-18(25)23-11-9-22(10-12-23)16-5-3-15(20)4-6-16/h3-6,14,17H,7-13H2,1-2H3,(H,21,26). The number of amides is 2. The molecule has 0 bridgehead atoms. The number of piperazine rings is 2. The van der Waals surface area contributed by atoms with Gasteiger partial charge in [0.25, 0.3) is 0 Å². The molecule has 2 saturated heterocycles. The lowest BCUT2D eigenvalue weighted by Gasteiger charge is -2.40. The number of hydrogen-bond acceptors (Lipinski definition) is 4. The Balaban J connectivity index is 1.56. The SMILES string of the molecule is CC(C)N1CCNC(=O)C1CC(=O)N1CCN(c2ccc(F)cc2)CC1. The van der Waals surface area contributed by atoms with Gasteiger partial charge in [0.2, 0.25) is 11.8 Å². The summed E-state index contributed by atoms with van der Waals surface area (Å²) in [6, 6.07) is 6.28. The fourth-order valence-electron chi connectivity index (χ4n) is 3.72. The highest BCUT2D eigenvalue weighted by molar-refractivity contribution is 5.89. The predicted octanol–water partition coefficient (Wildman–Crippen LogP) is 1.07. The lowest BCUT2D eigenvalue weighted by atomic mass is 10.1. The van der Waals surface area contributed by atoms with Gasteiger partial charge in [-0.1, -0.05) is 0 Å². The normalized spacial score (nSPS) is 21.8. The van der Waals surface area contributed by atoms with Gasteiger partial charge < -0.3 is 15.1 Å². The molecule has 1 aromatic rings. The number of halogens is 1. The molecule has 6 nitrogen and oxygen atoms in total. The summed E-state index contributed by atoms with van der Waals surface area (Å²) in [6.45, 7) is 8.18. The van der Waals surface area contributed by atoms with Gasteiger partial charge >= 0.3 is 0 Å². The summed E-state index contributed by atoms with van der Waals surface area (Å²) in [7, 11) is 0. The van der Waals surface area contributed by atoms with Crippen LogP contribution in [0.2, 0.25) is 0 Å². The second kappa shape index (κ2) is 8.03. The molecule has 2 aliphatic rings. The maximum absolute atomic E-state index is 13.1. The molecule has 1 atom stereocenters. The minimum Gasteiger partial charge on any atom is -0.368 e. The fourth-order valence-corrected chi connectivity index (χ4v) is 3.72. The van der Waals surface area contributed by atoms with Crippen molar-refractivity contribution in [3.05, 3.63) is 30.1 Å². The van der Waals surface area contributed by atoms with E-state index < -0.39 is 0 Å². The van der Waals surface area contributed by atoms with E-state index in [4.69, 9.17) is 0 Å². The zero-order valence-corrected chi connectivity index (χ0v) is 15.4. The van der Waals surface area contributed by atoms with E-state index in [1.807, 2.05) is 4.90 Å². The second-order valence-corrected chi connectivity index (χ2v) is 7.19. The maximum Gasteiger partial charge on any atom is 0.237 e. The number of rotatable bonds is 4. The predicted molar refractivity (Wildman–Crippen MR) is 98.4 cm³/mol. The lowest BCUT2D eigenvalue weighted by molar-refractivity contribution is -0.139. The monoisotopic (exact) mass is 362 g/mol. The number of carbonyl (C=O) groups is 2. The largest absolute Gasteiger partial charge is 0.368 e. The molecule has 0 saturated carbocycles. The third-order valence-electron chi connectivity index (χ3n) is 5.23. The Bertz CT molecular complexity index is 641. The summed E-state index contributed by atoms with van der Waals surface area (Å²) in [5, 5.41) is 2.87. The highest BCUT2D eigenvalue weighted by atomic mass is 19.1. The number of nitrogens with one attached hydrogen (secondary N) is 1. The third kappa shape index (κ3) is 4.15. The van der Waals surface area contributed by atoms with Gasteiger partial charge in [-0.25, -0.2) is 4.39 Å². The average Bonchev–Trinajstić information content (AvgIpc) is 2.64. The van der Waals surface area contributed by atoms with Gasteiger partial charge in [-0.05, 0) is 38.1 Å². The molecule has 2 aliphatic heterocycles. The Kier molecular flexibility index (Phi) is 5.76. The molecule has 2 amide bonds. The summed E-state index contributed by atoms with van der Waals surface area (Å²) < 4.78 is 13.1. The molecule has 3 rings (SSSR count). The van der Waals surface area contributed by atoms with Crippen LogP contribution in [0.25, 0.3) is 0 Å². The Morgan fingerprint density at radius 3 is 2.42 bits per heavy atom. The maximum atomic E-state index is 13.1. The highest BCUT2D eigenvalue weighted by Crippen LogP contribution is 2.19. The van der Waals surface area contributed by atoms with Crippen molar-refractivity contribution in [3.63, 3.8) is 0 Å². The topological polar surface area (TPSA) is 55.9 Å². The van der Waals surface area contributed by atoms with Gasteiger partial charge in [-0.15, -0.1) is 0 Å². The molecular formula is C19H27FN4O2. The summed E-state index contributed by atoms with van der Waals surface area (Å²) in [5.74, 6) is -0.275. The zero-order valence-electron chi connectivity index (χ0n) is 15.4. The summed E-state index contributed by atoms with van der Waals surface area (Å²) in [6.07, 6.45) is 0.223. The van der Waals surface area contributed by atoms with E-state index in [-0.39, 0.29) is 36.1 Å². The lowest BCUT2D eigenvalue weighted by Crippen LogP contribution is -2.59. The summed E-state index contributed by atoms with van der Waals surface area (Å²) in [5.41, 5.74) is 0.969. The molecule has 1 unspecified atom stereocenters. The number of anilines is 1. The van der Waals surface area contributed by atoms with E-state index in [1.165, 1.54) is 12.1 Å². The van der Waals surface area contributed by atoms with Crippen LogP contribution in [0.1, 0.15) is 20.3 Å². The van der Waals surface area contributed by atoms with Crippen LogP contribution in [-0.4, -0.2) is 73.0 Å². The van der Waals surface area contributed by atoms with E-state index in [1.54, 1.807) is 12.1 Å². The number of nitrogens with zero attached hydrogens (tertiary/aromatic N) is 3. The van der Waals surface area contributed by atoms with Crippen LogP contribution in [-0.2, 0) is 9.59 Å². The number of benzene rings is 1. The van der Waals surface area contributed by atoms with Crippen molar-refractivity contribution in [2.45, 2.75) is 32.4 Å². The first-order valence-corrected chi connectivity index (χ1v) is 9.27. The van der Waals surface area contributed by atoms with Crippen molar-refractivity contribution >= 4 is 17.5 Å². The molecule has 26 heavy (non-hydrogen) atoms. The van der Waals surface area contributed by atoms with E-state index in [2.05, 4.69) is 29.0 Å². The van der Waals surface area contributed by atoms with Crippen molar-refractivity contribution < 1.29 is 14.0 Å². The molecular weight excluding hydrogens is 335 g/mol. The van der Waals surface area contributed by atoms with Gasteiger partial charge in [0.15, 0.2) is 0 Å². The Morgan fingerprint density at radius 2 is 1.81 bits per heavy atom. The molecule has 0 radical (unpaired) electrons. The molecule has 0 aliphatic carbocycles. The molecule has 0 aromatic heterocycles. The van der Waals surface area contributed by atoms with Crippen LogP contribution < -0.4 is 10.2 Å². The van der Waals surface area contributed by atoms with E-state index in [0.29, 0.717) is 32.7 Å².